The van der Waals surface area contributed by atoms with Crippen LogP contribution in [0.25, 0.3) is 0 Å². The van der Waals surface area contributed by atoms with E-state index in [9.17, 15) is 14.4 Å². The number of carbonyl (C=O) groups excluding carboxylic acids is 1. The van der Waals surface area contributed by atoms with Crippen LogP contribution in [0.1, 0.15) is 38.5 Å². The Morgan fingerprint density at radius 2 is 1.73 bits per heavy atom. The lowest BCUT2D eigenvalue weighted by Gasteiger charge is -2.09. The van der Waals surface area contributed by atoms with Gasteiger partial charge in [0.2, 0.25) is 0 Å². The second-order valence-electron chi connectivity index (χ2n) is 3.42. The molecule has 5 heteroatoms. The number of rotatable bonds is 9. The van der Waals surface area contributed by atoms with Crippen LogP contribution in [0.2, 0.25) is 0 Å². The molecule has 1 atom stereocenters. The van der Waals surface area contributed by atoms with E-state index in [-0.39, 0.29) is 6.42 Å². The van der Waals surface area contributed by atoms with Crippen molar-refractivity contribution in [3.8, 4) is 0 Å². The first-order chi connectivity index (χ1) is 7.07. The lowest BCUT2D eigenvalue weighted by atomic mass is 9.96. The van der Waals surface area contributed by atoms with E-state index in [4.69, 9.17) is 10.2 Å². The summed E-state index contributed by atoms with van der Waals surface area (Å²) < 4.78 is 0. The monoisotopic (exact) mass is 216 g/mol. The lowest BCUT2D eigenvalue weighted by Crippen LogP contribution is -2.14. The van der Waals surface area contributed by atoms with Gasteiger partial charge in [-0.3, -0.25) is 9.59 Å². The molecular weight excluding hydrogens is 200 g/mol. The van der Waals surface area contributed by atoms with Crippen LogP contribution in [0.4, 0.5) is 0 Å². The second-order valence-corrected chi connectivity index (χ2v) is 3.42. The van der Waals surface area contributed by atoms with E-state index in [1.807, 2.05) is 0 Å². The van der Waals surface area contributed by atoms with E-state index in [1.165, 1.54) is 0 Å². The third-order valence-electron chi connectivity index (χ3n) is 2.17. The quantitative estimate of drug-likeness (QED) is 0.448. The lowest BCUT2D eigenvalue weighted by molar-refractivity contribution is -0.143. The molecule has 0 aliphatic carbocycles. The Morgan fingerprint density at radius 1 is 1.13 bits per heavy atom. The van der Waals surface area contributed by atoms with Crippen molar-refractivity contribution in [1.82, 2.24) is 0 Å². The maximum absolute atomic E-state index is 10.7. The Morgan fingerprint density at radius 3 is 2.20 bits per heavy atom. The number of aldehydes is 1. The highest BCUT2D eigenvalue weighted by Gasteiger charge is 2.16. The van der Waals surface area contributed by atoms with Crippen molar-refractivity contribution in [2.24, 2.45) is 5.92 Å². The van der Waals surface area contributed by atoms with Gasteiger partial charge < -0.3 is 15.0 Å². The van der Waals surface area contributed by atoms with Crippen LogP contribution < -0.4 is 0 Å². The summed E-state index contributed by atoms with van der Waals surface area (Å²) >= 11 is 0. The summed E-state index contributed by atoms with van der Waals surface area (Å²) in [5, 5.41) is 17.2. The molecule has 2 N–H and O–H groups in total. The third-order valence-corrected chi connectivity index (χ3v) is 2.17. The van der Waals surface area contributed by atoms with Crippen molar-refractivity contribution in [1.29, 1.82) is 0 Å². The van der Waals surface area contributed by atoms with Gasteiger partial charge in [0.1, 0.15) is 6.29 Å². The van der Waals surface area contributed by atoms with Gasteiger partial charge in [0.05, 0.1) is 5.92 Å². The molecule has 0 spiro atoms. The molecule has 0 aromatic rings. The first-order valence-corrected chi connectivity index (χ1v) is 4.96. The van der Waals surface area contributed by atoms with Crippen molar-refractivity contribution in [3.05, 3.63) is 0 Å². The molecule has 0 heterocycles. The van der Waals surface area contributed by atoms with Crippen LogP contribution >= 0.6 is 0 Å². The molecule has 1 unspecified atom stereocenters. The van der Waals surface area contributed by atoms with Crippen molar-refractivity contribution >= 4 is 18.2 Å². The van der Waals surface area contributed by atoms with Crippen LogP contribution in [0, 0.1) is 5.92 Å². The first kappa shape index (κ1) is 13.6. The molecule has 5 nitrogen and oxygen atoms in total. The molecule has 0 saturated carbocycles. The van der Waals surface area contributed by atoms with Crippen LogP contribution in [0.15, 0.2) is 0 Å². The van der Waals surface area contributed by atoms with Gasteiger partial charge in [-0.15, -0.1) is 0 Å². The predicted octanol–water partition coefficient (Wildman–Crippen LogP) is 1.31. The van der Waals surface area contributed by atoms with Gasteiger partial charge in [0.15, 0.2) is 0 Å². The van der Waals surface area contributed by atoms with E-state index < -0.39 is 17.9 Å². The van der Waals surface area contributed by atoms with Gasteiger partial charge in [-0.2, -0.15) is 0 Å². The molecule has 0 aromatic carbocycles. The Balaban J connectivity index is 3.78. The van der Waals surface area contributed by atoms with Crippen LogP contribution in [-0.2, 0) is 14.4 Å². The van der Waals surface area contributed by atoms with Crippen LogP contribution in [0.3, 0.4) is 0 Å². The summed E-state index contributed by atoms with van der Waals surface area (Å²) in [6.07, 6.45) is 2.84. The molecule has 0 rings (SSSR count). The summed E-state index contributed by atoms with van der Waals surface area (Å²) in [7, 11) is 0. The molecule has 0 radical (unpaired) electrons. The second kappa shape index (κ2) is 7.96. The fourth-order valence-corrected chi connectivity index (χ4v) is 1.34. The SMILES string of the molecule is O=CCCCC(CCCC(=O)O)C(=O)O. The standard InChI is InChI=1S/C10H16O5/c11-7-2-1-4-8(10(14)15)5-3-6-9(12)13/h7-8H,1-6H2,(H,12,13)(H,14,15). The molecule has 0 aromatic heterocycles. The zero-order valence-electron chi connectivity index (χ0n) is 8.52. The number of carbonyl (C=O) groups is 3. The first-order valence-electron chi connectivity index (χ1n) is 4.96. The van der Waals surface area contributed by atoms with E-state index in [0.29, 0.717) is 32.1 Å². The molecule has 15 heavy (non-hydrogen) atoms. The van der Waals surface area contributed by atoms with E-state index in [0.717, 1.165) is 6.29 Å². The number of carboxylic acids is 2. The van der Waals surface area contributed by atoms with E-state index >= 15 is 0 Å². The number of unbranched alkanes of at least 4 members (excludes halogenated alkanes) is 1. The average molecular weight is 216 g/mol. The zero-order valence-corrected chi connectivity index (χ0v) is 8.52. The molecule has 0 saturated heterocycles. The van der Waals surface area contributed by atoms with E-state index in [2.05, 4.69) is 0 Å². The summed E-state index contributed by atoms with van der Waals surface area (Å²) in [4.78, 5) is 31.0. The third kappa shape index (κ3) is 7.66. The Labute approximate surface area is 88.1 Å². The van der Waals surface area contributed by atoms with Gasteiger partial charge >= 0.3 is 11.9 Å². The van der Waals surface area contributed by atoms with Crippen molar-refractivity contribution in [3.63, 3.8) is 0 Å². The molecule has 0 fully saturated rings. The Bertz CT molecular complexity index is 224. The largest absolute Gasteiger partial charge is 0.481 e. The molecule has 0 amide bonds. The van der Waals surface area contributed by atoms with Crippen molar-refractivity contribution in [2.45, 2.75) is 38.5 Å². The normalized spacial score (nSPS) is 12.0. The summed E-state index contributed by atoms with van der Waals surface area (Å²) in [5.74, 6) is -2.34. The van der Waals surface area contributed by atoms with Crippen LogP contribution in [-0.4, -0.2) is 28.4 Å². The minimum absolute atomic E-state index is 0.00252. The molecule has 86 valence electrons. The van der Waals surface area contributed by atoms with Gasteiger partial charge in [0.25, 0.3) is 0 Å². The van der Waals surface area contributed by atoms with Crippen molar-refractivity contribution < 1.29 is 24.6 Å². The molecular formula is C10H16O5. The Hall–Kier alpha value is -1.39. The molecule has 0 aliphatic rings. The molecule has 0 aliphatic heterocycles. The minimum Gasteiger partial charge on any atom is -0.481 e. The number of carboxylic acid groups (broad SMARTS) is 2. The summed E-state index contributed by atoms with van der Waals surface area (Å²) in [6, 6.07) is 0. The van der Waals surface area contributed by atoms with Gasteiger partial charge in [0, 0.05) is 12.8 Å². The smallest absolute Gasteiger partial charge is 0.306 e. The van der Waals surface area contributed by atoms with Gasteiger partial charge in [-0.05, 0) is 25.7 Å². The topological polar surface area (TPSA) is 91.7 Å². The fourth-order valence-electron chi connectivity index (χ4n) is 1.34. The Kier molecular flexibility index (Phi) is 7.23. The van der Waals surface area contributed by atoms with Gasteiger partial charge in [-0.1, -0.05) is 0 Å². The maximum atomic E-state index is 10.7. The summed E-state index contributed by atoms with van der Waals surface area (Å²) in [5.41, 5.74) is 0. The molecule has 0 bridgehead atoms. The van der Waals surface area contributed by atoms with E-state index in [1.54, 1.807) is 0 Å². The highest BCUT2D eigenvalue weighted by molar-refractivity contribution is 5.70. The summed E-state index contributed by atoms with van der Waals surface area (Å²) in [6.45, 7) is 0. The highest BCUT2D eigenvalue weighted by atomic mass is 16.4. The average Bonchev–Trinajstić information content (AvgIpc) is 2.15. The maximum Gasteiger partial charge on any atom is 0.306 e. The predicted molar refractivity (Wildman–Crippen MR) is 52.5 cm³/mol. The number of hydrogen-bond donors (Lipinski definition) is 2. The number of hydrogen-bond acceptors (Lipinski definition) is 3. The number of aliphatic carboxylic acids is 2. The fraction of sp³-hybridized carbons (Fsp3) is 0.700. The zero-order chi connectivity index (χ0) is 11.7. The van der Waals surface area contributed by atoms with Crippen molar-refractivity contribution in [2.75, 3.05) is 0 Å². The van der Waals surface area contributed by atoms with Gasteiger partial charge in [-0.25, -0.2) is 0 Å². The highest BCUT2D eigenvalue weighted by Crippen LogP contribution is 2.16. The van der Waals surface area contributed by atoms with Crippen LogP contribution in [0.5, 0.6) is 0 Å². The minimum atomic E-state index is -0.911.